The second-order valence-corrected chi connectivity index (χ2v) is 4.05. The number of nitrogens with zero attached hydrogens (tertiary/aromatic N) is 2. The van der Waals surface area contributed by atoms with Crippen LogP contribution in [0.3, 0.4) is 0 Å². The summed E-state index contributed by atoms with van der Waals surface area (Å²) >= 11 is 0. The molecular formula is C13H14N2O4. The molecule has 0 radical (unpaired) electrons. The van der Waals surface area contributed by atoms with E-state index >= 15 is 0 Å². The normalized spacial score (nSPS) is 10.4. The summed E-state index contributed by atoms with van der Waals surface area (Å²) in [5, 5.41) is 12.8. The summed E-state index contributed by atoms with van der Waals surface area (Å²) < 4.78 is 10.4. The molecule has 2 rings (SSSR count). The lowest BCUT2D eigenvalue weighted by atomic mass is 10.1. The van der Waals surface area contributed by atoms with Crippen LogP contribution in [0.4, 0.5) is 0 Å². The average Bonchev–Trinajstić information content (AvgIpc) is 2.84. The van der Waals surface area contributed by atoms with Gasteiger partial charge in [0.25, 0.3) is 0 Å². The number of aromatic carboxylic acids is 1. The number of carboxylic acids is 1. The predicted molar refractivity (Wildman–Crippen MR) is 66.1 cm³/mol. The number of aromatic nitrogens is 2. The lowest BCUT2D eigenvalue weighted by molar-refractivity contribution is 0.0691. The van der Waals surface area contributed by atoms with Crippen LogP contribution >= 0.6 is 0 Å². The van der Waals surface area contributed by atoms with Crippen molar-refractivity contribution in [2.24, 2.45) is 0 Å². The number of hydrogen-bond donors (Lipinski definition) is 1. The van der Waals surface area contributed by atoms with E-state index in [0.717, 1.165) is 5.56 Å². The molecule has 1 heterocycles. The van der Waals surface area contributed by atoms with Gasteiger partial charge >= 0.3 is 5.97 Å². The Morgan fingerprint density at radius 1 is 1.47 bits per heavy atom. The third kappa shape index (κ3) is 3.09. The summed E-state index contributed by atoms with van der Waals surface area (Å²) in [5.41, 5.74) is 1.03. The fourth-order valence-electron chi connectivity index (χ4n) is 1.56. The Kier molecular flexibility index (Phi) is 3.79. The Morgan fingerprint density at radius 2 is 2.26 bits per heavy atom. The summed E-state index contributed by atoms with van der Waals surface area (Å²) in [7, 11) is 0. The molecule has 0 aliphatic rings. The van der Waals surface area contributed by atoms with Crippen LogP contribution in [0.5, 0.6) is 5.75 Å². The molecule has 2 aromatic rings. The summed E-state index contributed by atoms with van der Waals surface area (Å²) in [5.74, 6) is 0.198. The smallest absolute Gasteiger partial charge is 0.339 e. The molecule has 6 nitrogen and oxygen atoms in total. The monoisotopic (exact) mass is 262 g/mol. The highest BCUT2D eigenvalue weighted by Crippen LogP contribution is 2.21. The van der Waals surface area contributed by atoms with Crippen molar-refractivity contribution < 1.29 is 19.2 Å². The van der Waals surface area contributed by atoms with Gasteiger partial charge in [-0.3, -0.25) is 0 Å². The number of carboxylic acid groups (broad SMARTS) is 1. The molecule has 6 heteroatoms. The van der Waals surface area contributed by atoms with Gasteiger partial charge in [-0.05, 0) is 24.6 Å². The number of hydrogen-bond acceptors (Lipinski definition) is 5. The van der Waals surface area contributed by atoms with Crippen LogP contribution in [0.25, 0.3) is 0 Å². The van der Waals surface area contributed by atoms with Crippen molar-refractivity contribution in [2.45, 2.75) is 26.9 Å². The molecule has 1 N–H and O–H groups in total. The quantitative estimate of drug-likeness (QED) is 0.889. The maximum atomic E-state index is 11.1. The van der Waals surface area contributed by atoms with Crippen LogP contribution in [-0.2, 0) is 13.0 Å². The van der Waals surface area contributed by atoms with E-state index in [9.17, 15) is 4.79 Å². The summed E-state index contributed by atoms with van der Waals surface area (Å²) in [6.45, 7) is 3.84. The zero-order chi connectivity index (χ0) is 13.8. The number of rotatable bonds is 5. The zero-order valence-corrected chi connectivity index (χ0v) is 10.7. The van der Waals surface area contributed by atoms with Gasteiger partial charge in [0.05, 0.1) is 0 Å². The SMILES string of the molecule is CCc1nc(COc2cc(C)ccc2C(=O)O)no1. The van der Waals surface area contributed by atoms with Crippen molar-refractivity contribution in [1.29, 1.82) is 0 Å². The van der Waals surface area contributed by atoms with Gasteiger partial charge in [-0.15, -0.1) is 0 Å². The summed E-state index contributed by atoms with van der Waals surface area (Å²) in [6, 6.07) is 4.91. The van der Waals surface area contributed by atoms with Crippen LogP contribution in [-0.4, -0.2) is 21.2 Å². The van der Waals surface area contributed by atoms with Crippen molar-refractivity contribution in [3.63, 3.8) is 0 Å². The van der Waals surface area contributed by atoms with Crippen molar-refractivity contribution >= 4 is 5.97 Å². The highest BCUT2D eigenvalue weighted by atomic mass is 16.5. The van der Waals surface area contributed by atoms with Gasteiger partial charge in [-0.2, -0.15) is 4.98 Å². The standard InChI is InChI=1S/C13H14N2O4/c1-3-12-14-11(15-19-12)7-18-10-6-8(2)4-5-9(10)13(16)17/h4-6H,3,7H2,1-2H3,(H,16,17). The number of ether oxygens (including phenoxy) is 1. The molecule has 0 atom stereocenters. The third-order valence-corrected chi connectivity index (χ3v) is 2.54. The molecule has 1 aromatic heterocycles. The molecular weight excluding hydrogens is 248 g/mol. The Morgan fingerprint density at radius 3 is 2.89 bits per heavy atom. The lowest BCUT2D eigenvalue weighted by Gasteiger charge is -2.07. The molecule has 1 aromatic carbocycles. The Balaban J connectivity index is 2.14. The van der Waals surface area contributed by atoms with Crippen LogP contribution in [0.1, 0.15) is 34.6 Å². The minimum Gasteiger partial charge on any atom is -0.485 e. The van der Waals surface area contributed by atoms with Crippen LogP contribution in [0, 0.1) is 6.92 Å². The van der Waals surface area contributed by atoms with Gasteiger partial charge in [-0.25, -0.2) is 4.79 Å². The molecule has 100 valence electrons. The maximum absolute atomic E-state index is 11.1. The fourth-order valence-corrected chi connectivity index (χ4v) is 1.56. The van der Waals surface area contributed by atoms with Crippen LogP contribution in [0.2, 0.25) is 0 Å². The first-order valence-electron chi connectivity index (χ1n) is 5.88. The third-order valence-electron chi connectivity index (χ3n) is 2.54. The van der Waals surface area contributed by atoms with E-state index in [4.69, 9.17) is 14.4 Å². The Hall–Kier alpha value is -2.37. The average molecular weight is 262 g/mol. The highest BCUT2D eigenvalue weighted by Gasteiger charge is 2.13. The second-order valence-electron chi connectivity index (χ2n) is 4.05. The Labute approximate surface area is 110 Å². The second kappa shape index (κ2) is 5.51. The van der Waals surface area contributed by atoms with E-state index in [1.54, 1.807) is 12.1 Å². The van der Waals surface area contributed by atoms with Crippen LogP contribution in [0.15, 0.2) is 22.7 Å². The topological polar surface area (TPSA) is 85.5 Å². The van der Waals surface area contributed by atoms with Gasteiger partial charge in [0, 0.05) is 6.42 Å². The van der Waals surface area contributed by atoms with Gasteiger partial charge in [0.15, 0.2) is 6.61 Å². The molecule has 0 aliphatic carbocycles. The maximum Gasteiger partial charge on any atom is 0.339 e. The molecule has 0 aliphatic heterocycles. The van der Waals surface area contributed by atoms with Gasteiger partial charge in [0.1, 0.15) is 11.3 Å². The molecule has 0 unspecified atom stereocenters. The van der Waals surface area contributed by atoms with Gasteiger partial charge < -0.3 is 14.4 Å². The van der Waals surface area contributed by atoms with E-state index < -0.39 is 5.97 Å². The summed E-state index contributed by atoms with van der Waals surface area (Å²) in [6.07, 6.45) is 0.651. The minimum atomic E-state index is -1.03. The van der Waals surface area contributed by atoms with Crippen molar-refractivity contribution in [2.75, 3.05) is 0 Å². The van der Waals surface area contributed by atoms with E-state index in [-0.39, 0.29) is 12.2 Å². The van der Waals surface area contributed by atoms with Crippen molar-refractivity contribution in [3.8, 4) is 5.75 Å². The van der Waals surface area contributed by atoms with Crippen LogP contribution < -0.4 is 4.74 Å². The number of benzene rings is 1. The lowest BCUT2D eigenvalue weighted by Crippen LogP contribution is -2.04. The largest absolute Gasteiger partial charge is 0.485 e. The van der Waals surface area contributed by atoms with Gasteiger partial charge in [-0.1, -0.05) is 18.1 Å². The van der Waals surface area contributed by atoms with E-state index in [0.29, 0.717) is 23.9 Å². The molecule has 0 bridgehead atoms. The first-order chi connectivity index (χ1) is 9.10. The number of aryl methyl sites for hydroxylation is 2. The Bertz CT molecular complexity index is 592. The minimum absolute atomic E-state index is 0.0766. The first kappa shape index (κ1) is 13.1. The van der Waals surface area contributed by atoms with E-state index in [2.05, 4.69) is 10.1 Å². The summed E-state index contributed by atoms with van der Waals surface area (Å²) in [4.78, 5) is 15.2. The molecule has 0 fully saturated rings. The first-order valence-corrected chi connectivity index (χ1v) is 5.88. The predicted octanol–water partition coefficient (Wildman–Crippen LogP) is 2.22. The van der Waals surface area contributed by atoms with E-state index in [1.165, 1.54) is 6.07 Å². The fraction of sp³-hybridized carbons (Fsp3) is 0.308. The van der Waals surface area contributed by atoms with Gasteiger partial charge in [0.2, 0.25) is 11.7 Å². The molecule has 19 heavy (non-hydrogen) atoms. The van der Waals surface area contributed by atoms with E-state index in [1.807, 2.05) is 13.8 Å². The number of carbonyl (C=O) groups is 1. The molecule has 0 saturated heterocycles. The van der Waals surface area contributed by atoms with Crippen molar-refractivity contribution in [3.05, 3.63) is 41.0 Å². The molecule has 0 spiro atoms. The highest BCUT2D eigenvalue weighted by molar-refractivity contribution is 5.90. The van der Waals surface area contributed by atoms with Crippen molar-refractivity contribution in [1.82, 2.24) is 10.1 Å². The molecule has 0 saturated carbocycles. The zero-order valence-electron chi connectivity index (χ0n) is 10.7. The molecule has 0 amide bonds.